The molecule has 0 aliphatic heterocycles. The van der Waals surface area contributed by atoms with Gasteiger partial charge in [0.15, 0.2) is 0 Å². The van der Waals surface area contributed by atoms with Crippen LogP contribution in [0, 0.1) is 6.92 Å². The first-order valence-corrected chi connectivity index (χ1v) is 6.52. The van der Waals surface area contributed by atoms with Gasteiger partial charge in [-0.2, -0.15) is 0 Å². The minimum Gasteiger partial charge on any atom is -0.396 e. The lowest BCUT2D eigenvalue weighted by atomic mass is 10.2. The van der Waals surface area contributed by atoms with Gasteiger partial charge >= 0.3 is 0 Å². The Hall–Kier alpha value is -0.380. The minimum absolute atomic E-state index is 0.319. The fraction of sp³-hybridized carbons (Fsp3) is 0.667. The fourth-order valence-electron chi connectivity index (χ4n) is 1.65. The molecule has 0 amide bonds. The van der Waals surface area contributed by atoms with E-state index >= 15 is 0 Å². The Bertz CT molecular complexity index is 272. The number of aliphatic hydroxyl groups excluding tert-OH is 1. The molecule has 0 aliphatic rings. The van der Waals surface area contributed by atoms with Crippen LogP contribution >= 0.6 is 11.3 Å². The first kappa shape index (κ1) is 12.7. The maximum absolute atomic E-state index is 8.64. The van der Waals surface area contributed by atoms with E-state index in [2.05, 4.69) is 30.6 Å². The Kier molecular flexibility index (Phi) is 5.91. The van der Waals surface area contributed by atoms with Crippen LogP contribution in [0.3, 0.4) is 0 Å². The lowest BCUT2D eigenvalue weighted by molar-refractivity contribution is 0.282. The number of unbranched alkanes of at least 4 members (excludes halogenated alkanes) is 2. The van der Waals surface area contributed by atoms with E-state index in [4.69, 9.17) is 5.11 Å². The normalized spacial score (nSPS) is 13.0. The van der Waals surface area contributed by atoms with Crippen molar-refractivity contribution in [1.29, 1.82) is 0 Å². The van der Waals surface area contributed by atoms with Crippen molar-refractivity contribution in [1.82, 2.24) is 5.32 Å². The summed E-state index contributed by atoms with van der Waals surface area (Å²) in [5.74, 6) is 0. The van der Waals surface area contributed by atoms with E-state index in [1.54, 1.807) is 0 Å². The van der Waals surface area contributed by atoms with Crippen LogP contribution in [0.1, 0.15) is 42.7 Å². The van der Waals surface area contributed by atoms with E-state index in [9.17, 15) is 0 Å². The Balaban J connectivity index is 2.19. The lowest BCUT2D eigenvalue weighted by Crippen LogP contribution is -2.19. The van der Waals surface area contributed by atoms with Crippen molar-refractivity contribution >= 4 is 11.3 Å². The molecule has 1 heterocycles. The monoisotopic (exact) mass is 227 g/mol. The number of aliphatic hydroxyl groups is 1. The number of rotatable bonds is 7. The predicted octanol–water partition coefficient (Wildman–Crippen LogP) is 2.87. The number of hydrogen-bond donors (Lipinski definition) is 2. The highest BCUT2D eigenvalue weighted by molar-refractivity contribution is 7.10. The summed E-state index contributed by atoms with van der Waals surface area (Å²) in [4.78, 5) is 1.44. The second-order valence-corrected chi connectivity index (χ2v) is 4.88. The van der Waals surface area contributed by atoms with Crippen LogP contribution in [0.15, 0.2) is 11.4 Å². The molecule has 1 aromatic rings. The molecule has 0 aliphatic carbocycles. The van der Waals surface area contributed by atoms with Crippen LogP contribution in [0.25, 0.3) is 0 Å². The third kappa shape index (κ3) is 4.33. The van der Waals surface area contributed by atoms with Gasteiger partial charge in [-0.3, -0.25) is 0 Å². The average molecular weight is 227 g/mol. The van der Waals surface area contributed by atoms with E-state index in [1.165, 1.54) is 10.4 Å². The second kappa shape index (κ2) is 6.99. The van der Waals surface area contributed by atoms with Gasteiger partial charge in [-0.25, -0.2) is 0 Å². The highest BCUT2D eigenvalue weighted by Gasteiger charge is 2.07. The van der Waals surface area contributed by atoms with Crippen LogP contribution in [-0.4, -0.2) is 18.3 Å². The molecule has 0 bridgehead atoms. The molecule has 0 spiro atoms. The SMILES string of the molecule is Cc1ccsc1C(C)NCCCCCO. The van der Waals surface area contributed by atoms with E-state index in [0.29, 0.717) is 12.6 Å². The fourth-order valence-corrected chi connectivity index (χ4v) is 2.61. The van der Waals surface area contributed by atoms with Crippen molar-refractivity contribution in [3.63, 3.8) is 0 Å². The van der Waals surface area contributed by atoms with Gasteiger partial charge in [0.25, 0.3) is 0 Å². The van der Waals surface area contributed by atoms with Gasteiger partial charge in [-0.1, -0.05) is 0 Å². The van der Waals surface area contributed by atoms with Gasteiger partial charge in [-0.05, 0) is 56.7 Å². The zero-order chi connectivity index (χ0) is 11.1. The maximum Gasteiger partial charge on any atom is 0.0431 e. The second-order valence-electron chi connectivity index (χ2n) is 3.93. The molecule has 0 aromatic carbocycles. The summed E-state index contributed by atoms with van der Waals surface area (Å²) in [7, 11) is 0. The first-order chi connectivity index (χ1) is 7.25. The third-order valence-corrected chi connectivity index (χ3v) is 3.78. The molecule has 1 atom stereocenters. The standard InChI is InChI=1S/C12H21NOS/c1-10-6-9-15-12(10)11(2)13-7-4-3-5-8-14/h6,9,11,13-14H,3-5,7-8H2,1-2H3. The summed E-state index contributed by atoms with van der Waals surface area (Å²) in [5.41, 5.74) is 1.38. The van der Waals surface area contributed by atoms with E-state index in [0.717, 1.165) is 25.8 Å². The Morgan fingerprint density at radius 2 is 2.20 bits per heavy atom. The zero-order valence-electron chi connectivity index (χ0n) is 9.62. The number of hydrogen-bond acceptors (Lipinski definition) is 3. The van der Waals surface area contributed by atoms with Gasteiger partial charge in [0.2, 0.25) is 0 Å². The average Bonchev–Trinajstić information content (AvgIpc) is 2.64. The van der Waals surface area contributed by atoms with Gasteiger partial charge in [0.05, 0.1) is 0 Å². The molecule has 0 saturated heterocycles. The van der Waals surface area contributed by atoms with Crippen molar-refractivity contribution in [3.8, 4) is 0 Å². The number of aryl methyl sites for hydroxylation is 1. The van der Waals surface area contributed by atoms with Crippen molar-refractivity contribution in [2.24, 2.45) is 0 Å². The molecular weight excluding hydrogens is 206 g/mol. The predicted molar refractivity (Wildman–Crippen MR) is 66.4 cm³/mol. The van der Waals surface area contributed by atoms with Crippen LogP contribution in [-0.2, 0) is 0 Å². The maximum atomic E-state index is 8.64. The molecular formula is C12H21NOS. The molecule has 0 saturated carbocycles. The minimum atomic E-state index is 0.319. The highest BCUT2D eigenvalue weighted by Crippen LogP contribution is 2.23. The molecule has 86 valence electrons. The summed E-state index contributed by atoms with van der Waals surface area (Å²) >= 11 is 1.82. The first-order valence-electron chi connectivity index (χ1n) is 5.64. The summed E-state index contributed by atoms with van der Waals surface area (Å²) < 4.78 is 0. The Labute approximate surface area is 96.3 Å². The van der Waals surface area contributed by atoms with Gasteiger partial charge in [-0.15, -0.1) is 11.3 Å². The Morgan fingerprint density at radius 3 is 2.80 bits per heavy atom. The molecule has 1 unspecified atom stereocenters. The smallest absolute Gasteiger partial charge is 0.0431 e. The lowest BCUT2D eigenvalue weighted by Gasteiger charge is -2.13. The van der Waals surface area contributed by atoms with Gasteiger partial charge in [0.1, 0.15) is 0 Å². The summed E-state index contributed by atoms with van der Waals surface area (Å²) in [6.45, 7) is 5.73. The summed E-state index contributed by atoms with van der Waals surface area (Å²) in [6, 6.07) is 2.63. The highest BCUT2D eigenvalue weighted by atomic mass is 32.1. The van der Waals surface area contributed by atoms with Crippen LogP contribution < -0.4 is 5.32 Å². The molecule has 1 aromatic heterocycles. The van der Waals surface area contributed by atoms with Crippen LogP contribution in [0.5, 0.6) is 0 Å². The van der Waals surface area contributed by atoms with Gasteiger partial charge < -0.3 is 10.4 Å². The molecule has 3 heteroatoms. The molecule has 15 heavy (non-hydrogen) atoms. The van der Waals surface area contributed by atoms with Crippen LogP contribution in [0.4, 0.5) is 0 Å². The van der Waals surface area contributed by atoms with Crippen molar-refractivity contribution < 1.29 is 5.11 Å². The molecule has 0 fully saturated rings. The summed E-state index contributed by atoms with van der Waals surface area (Å²) in [5, 5.41) is 14.3. The molecule has 2 nitrogen and oxygen atoms in total. The van der Waals surface area contributed by atoms with Gasteiger partial charge in [0, 0.05) is 17.5 Å². The van der Waals surface area contributed by atoms with Crippen molar-refractivity contribution in [2.45, 2.75) is 39.2 Å². The van der Waals surface area contributed by atoms with E-state index < -0.39 is 0 Å². The van der Waals surface area contributed by atoms with Crippen molar-refractivity contribution in [3.05, 3.63) is 21.9 Å². The number of nitrogens with one attached hydrogen (secondary N) is 1. The number of thiophene rings is 1. The largest absolute Gasteiger partial charge is 0.396 e. The Morgan fingerprint density at radius 1 is 1.40 bits per heavy atom. The third-order valence-electron chi connectivity index (χ3n) is 2.58. The molecule has 1 rings (SSSR count). The van der Waals surface area contributed by atoms with E-state index in [1.807, 2.05) is 11.3 Å². The zero-order valence-corrected chi connectivity index (χ0v) is 10.4. The topological polar surface area (TPSA) is 32.3 Å². The quantitative estimate of drug-likeness (QED) is 0.702. The van der Waals surface area contributed by atoms with Crippen LogP contribution in [0.2, 0.25) is 0 Å². The van der Waals surface area contributed by atoms with E-state index in [-0.39, 0.29) is 0 Å². The summed E-state index contributed by atoms with van der Waals surface area (Å²) in [6.07, 6.45) is 3.18. The van der Waals surface area contributed by atoms with Crippen molar-refractivity contribution in [2.75, 3.05) is 13.2 Å². The molecule has 2 N–H and O–H groups in total. The molecule has 0 radical (unpaired) electrons.